The van der Waals surface area contributed by atoms with Crippen molar-refractivity contribution in [3.8, 4) is 0 Å². The second-order valence-electron chi connectivity index (χ2n) is 3.68. The summed E-state index contributed by atoms with van der Waals surface area (Å²) in [6, 6.07) is 0. The van der Waals surface area contributed by atoms with Crippen LogP contribution in [0.5, 0.6) is 0 Å². The lowest BCUT2D eigenvalue weighted by Crippen LogP contribution is -1.87. The van der Waals surface area contributed by atoms with Gasteiger partial charge in [0.05, 0.1) is 0 Å². The lowest BCUT2D eigenvalue weighted by Gasteiger charge is -2.07. The van der Waals surface area contributed by atoms with E-state index >= 15 is 0 Å². The van der Waals surface area contributed by atoms with E-state index in [1.807, 2.05) is 26.8 Å². The van der Waals surface area contributed by atoms with Crippen molar-refractivity contribution in [3.63, 3.8) is 0 Å². The van der Waals surface area contributed by atoms with Gasteiger partial charge in [-0.05, 0) is 44.3 Å². The zero-order chi connectivity index (χ0) is 12.9. The largest absolute Gasteiger partial charge is 0.0877 e. The third-order valence-corrected chi connectivity index (χ3v) is 2.46. The minimum atomic E-state index is 1.06. The van der Waals surface area contributed by atoms with E-state index in [2.05, 4.69) is 49.5 Å². The molecule has 17 heavy (non-hydrogen) atoms. The molecule has 0 spiro atoms. The summed E-state index contributed by atoms with van der Waals surface area (Å²) in [7, 11) is 0. The Morgan fingerprint density at radius 1 is 1.18 bits per heavy atom. The van der Waals surface area contributed by atoms with Gasteiger partial charge in [-0.25, -0.2) is 0 Å². The van der Waals surface area contributed by atoms with Crippen molar-refractivity contribution in [2.45, 2.75) is 47.0 Å². The maximum absolute atomic E-state index is 2.34. The van der Waals surface area contributed by atoms with E-state index in [1.165, 1.54) is 24.0 Å². The molecule has 0 aliphatic heterocycles. The molecule has 0 saturated heterocycles. The Morgan fingerprint density at radius 2 is 1.94 bits per heavy atom. The second-order valence-corrected chi connectivity index (χ2v) is 3.68. The van der Waals surface area contributed by atoms with Gasteiger partial charge in [-0.3, -0.25) is 0 Å². The topological polar surface area (TPSA) is 0 Å². The van der Waals surface area contributed by atoms with Gasteiger partial charge in [0, 0.05) is 0 Å². The lowest BCUT2D eigenvalue weighted by molar-refractivity contribution is 0.994. The summed E-state index contributed by atoms with van der Waals surface area (Å²) in [5.41, 5.74) is 2.82. The van der Waals surface area contributed by atoms with Crippen LogP contribution in [0.2, 0.25) is 0 Å². The van der Waals surface area contributed by atoms with Crippen LogP contribution in [0.4, 0.5) is 0 Å². The van der Waals surface area contributed by atoms with Gasteiger partial charge >= 0.3 is 0 Å². The highest BCUT2D eigenvalue weighted by molar-refractivity contribution is 5.33. The molecule has 0 aromatic rings. The molecule has 1 aliphatic rings. The molecule has 94 valence electrons. The monoisotopic (exact) mass is 230 g/mol. The summed E-state index contributed by atoms with van der Waals surface area (Å²) < 4.78 is 0. The molecule has 0 N–H and O–H groups in total. The van der Waals surface area contributed by atoms with E-state index < -0.39 is 0 Å². The summed E-state index contributed by atoms with van der Waals surface area (Å²) in [6.45, 7) is 8.13. The third-order valence-electron chi connectivity index (χ3n) is 2.46. The van der Waals surface area contributed by atoms with Crippen molar-refractivity contribution in [1.29, 1.82) is 0 Å². The van der Waals surface area contributed by atoms with Crippen LogP contribution in [0.15, 0.2) is 59.8 Å². The van der Waals surface area contributed by atoms with Gasteiger partial charge in [-0.15, -0.1) is 0 Å². The molecule has 0 atom stereocenters. The van der Waals surface area contributed by atoms with Gasteiger partial charge in [0.2, 0.25) is 0 Å². The van der Waals surface area contributed by atoms with Crippen molar-refractivity contribution in [1.82, 2.24) is 0 Å². The molecule has 0 heteroatoms. The summed E-state index contributed by atoms with van der Waals surface area (Å²) in [5.74, 6) is 0. The molecule has 0 amide bonds. The Kier molecular flexibility index (Phi) is 10.3. The fourth-order valence-electron chi connectivity index (χ4n) is 1.58. The van der Waals surface area contributed by atoms with Gasteiger partial charge in [0.25, 0.3) is 0 Å². The Morgan fingerprint density at radius 3 is 2.47 bits per heavy atom. The van der Waals surface area contributed by atoms with Crippen LogP contribution in [0.25, 0.3) is 0 Å². The van der Waals surface area contributed by atoms with Gasteiger partial charge in [0.15, 0.2) is 0 Å². The molecule has 0 unspecified atom stereocenters. The number of rotatable bonds is 4. The summed E-state index contributed by atoms with van der Waals surface area (Å²) in [4.78, 5) is 0. The lowest BCUT2D eigenvalue weighted by atomic mass is 9.99. The minimum Gasteiger partial charge on any atom is -0.0877 e. The number of hydrogen-bond acceptors (Lipinski definition) is 0. The van der Waals surface area contributed by atoms with Crippen molar-refractivity contribution in [2.75, 3.05) is 0 Å². The first-order valence-electron chi connectivity index (χ1n) is 6.67. The minimum absolute atomic E-state index is 1.06. The van der Waals surface area contributed by atoms with Crippen molar-refractivity contribution < 1.29 is 0 Å². The maximum Gasteiger partial charge on any atom is -0.00323 e. The van der Waals surface area contributed by atoms with E-state index in [0.717, 1.165) is 6.42 Å². The van der Waals surface area contributed by atoms with Crippen LogP contribution in [-0.4, -0.2) is 0 Å². The van der Waals surface area contributed by atoms with E-state index in [9.17, 15) is 0 Å². The highest BCUT2D eigenvalue weighted by Gasteiger charge is 1.98. The van der Waals surface area contributed by atoms with E-state index in [1.54, 1.807) is 0 Å². The van der Waals surface area contributed by atoms with Crippen LogP contribution >= 0.6 is 0 Å². The maximum atomic E-state index is 2.34. The van der Waals surface area contributed by atoms with Gasteiger partial charge in [0.1, 0.15) is 0 Å². The zero-order valence-electron chi connectivity index (χ0n) is 11.7. The van der Waals surface area contributed by atoms with E-state index in [4.69, 9.17) is 0 Å². The van der Waals surface area contributed by atoms with Crippen molar-refractivity contribution in [2.24, 2.45) is 0 Å². The Hall–Kier alpha value is -1.30. The molecule has 0 radical (unpaired) electrons. The number of allylic oxidation sites excluding steroid dienone is 10. The Labute approximate surface area is 107 Å². The van der Waals surface area contributed by atoms with Crippen LogP contribution in [0.3, 0.4) is 0 Å². The molecule has 1 aliphatic carbocycles. The first-order valence-corrected chi connectivity index (χ1v) is 6.67. The fraction of sp³-hybridized carbons (Fsp3) is 0.412. The fourth-order valence-corrected chi connectivity index (χ4v) is 1.58. The van der Waals surface area contributed by atoms with Crippen molar-refractivity contribution >= 4 is 0 Å². The zero-order valence-corrected chi connectivity index (χ0v) is 11.7. The smallest absolute Gasteiger partial charge is 0.00323 e. The average molecular weight is 230 g/mol. The van der Waals surface area contributed by atoms with Crippen LogP contribution < -0.4 is 0 Å². The summed E-state index contributed by atoms with van der Waals surface area (Å²) in [6.07, 6.45) is 20.9. The highest BCUT2D eigenvalue weighted by atomic mass is 14.0. The molecule has 1 rings (SSSR count). The van der Waals surface area contributed by atoms with E-state index in [-0.39, 0.29) is 0 Å². The average Bonchev–Trinajstić information content (AvgIpc) is 2.41. The second kappa shape index (κ2) is 11.2. The molecular formula is C17H26. The van der Waals surface area contributed by atoms with Crippen molar-refractivity contribution in [3.05, 3.63) is 59.8 Å². The molecule has 0 fully saturated rings. The Bertz CT molecular complexity index is 322. The first kappa shape index (κ1) is 15.7. The van der Waals surface area contributed by atoms with Crippen LogP contribution in [0, 0.1) is 0 Å². The van der Waals surface area contributed by atoms with Gasteiger partial charge < -0.3 is 0 Å². The summed E-state index contributed by atoms with van der Waals surface area (Å²) in [5, 5.41) is 0. The van der Waals surface area contributed by atoms with Crippen LogP contribution in [-0.2, 0) is 0 Å². The quantitative estimate of drug-likeness (QED) is 0.539. The van der Waals surface area contributed by atoms with Gasteiger partial charge in [-0.1, -0.05) is 62.5 Å². The molecule has 0 bridgehead atoms. The summed E-state index contributed by atoms with van der Waals surface area (Å²) >= 11 is 0. The van der Waals surface area contributed by atoms with E-state index in [0.29, 0.717) is 0 Å². The standard InChI is InChI=1S/C15H20.C2H6/c1-3-5-7-10-14(4-2)13-15-11-8-6-9-12-15;1-2/h3-5,7-8,10-12H,6,9,13H2,1-2H3;1-2H3/b5-3-,10-7-,14-4+;. The molecular weight excluding hydrogens is 204 g/mol. The first-order chi connectivity index (χ1) is 8.36. The van der Waals surface area contributed by atoms with Crippen LogP contribution in [0.1, 0.15) is 47.0 Å². The highest BCUT2D eigenvalue weighted by Crippen LogP contribution is 2.18. The predicted octanol–water partition coefficient (Wildman–Crippen LogP) is 5.76. The van der Waals surface area contributed by atoms with Gasteiger partial charge in [-0.2, -0.15) is 0 Å². The molecule has 0 aromatic heterocycles. The molecule has 0 heterocycles. The normalized spacial score (nSPS) is 16.0. The molecule has 0 aromatic carbocycles. The predicted molar refractivity (Wildman–Crippen MR) is 80.1 cm³/mol. The molecule has 0 saturated carbocycles. The SMILES string of the molecule is CC.C\C=C/C=C\C(=C/C)CC1=CCCC=C1. The third kappa shape index (κ3) is 7.57. The Balaban J connectivity index is 0.00000121. The molecule has 0 nitrogen and oxygen atoms in total. The number of hydrogen-bond donors (Lipinski definition) is 0.